The maximum atomic E-state index is 12.2. The van der Waals surface area contributed by atoms with E-state index < -0.39 is 50.6 Å². The molecule has 0 aromatic rings. The largest absolute Gasteiger partial charge is 0.416 e. The topological polar surface area (TPSA) is 38.7 Å². The molecule has 0 rings (SSSR count). The molecule has 2 atom stereocenters. The van der Waals surface area contributed by atoms with E-state index in [1.54, 1.807) is 0 Å². The zero-order valence-corrected chi connectivity index (χ0v) is 9.44. The summed E-state index contributed by atoms with van der Waals surface area (Å²) in [5.74, 6) is 0. The lowest BCUT2D eigenvalue weighted by Crippen LogP contribution is -2.41. The Morgan fingerprint density at radius 1 is 0.800 bits per heavy atom. The number of rotatable bonds is 6. The molecule has 0 radical (unpaired) electrons. The highest BCUT2D eigenvalue weighted by Gasteiger charge is 2.44. The first-order valence-corrected chi connectivity index (χ1v) is 4.81. The first-order chi connectivity index (χ1) is 8.73. The van der Waals surface area contributed by atoms with Crippen LogP contribution in [-0.4, -0.2) is 55.7 Å². The molecule has 0 aliphatic heterocycles. The molecule has 3 nitrogen and oxygen atoms in total. The fourth-order valence-electron chi connectivity index (χ4n) is 0.821. The second-order valence-electron chi connectivity index (χ2n) is 3.55. The summed E-state index contributed by atoms with van der Waals surface area (Å²) < 4.78 is 114. The fourth-order valence-corrected chi connectivity index (χ4v) is 0.821. The van der Waals surface area contributed by atoms with E-state index in [4.69, 9.17) is 5.11 Å². The average Bonchev–Trinajstić information content (AvgIpc) is 2.17. The molecule has 122 valence electrons. The first-order valence-electron chi connectivity index (χ1n) is 4.81. The molecule has 0 aliphatic rings. The van der Waals surface area contributed by atoms with Gasteiger partial charge in [0.05, 0.1) is 13.2 Å². The normalized spacial score (nSPS) is 17.1. The average molecular weight is 324 g/mol. The summed E-state index contributed by atoms with van der Waals surface area (Å²) in [6.07, 6.45) is -21.5. The molecule has 2 unspecified atom stereocenters. The quantitative estimate of drug-likeness (QED) is 0.763. The molecule has 12 heteroatoms. The molecule has 0 fully saturated rings. The molecule has 0 aliphatic carbocycles. The molecule has 20 heavy (non-hydrogen) atoms. The summed E-state index contributed by atoms with van der Waals surface area (Å²) in [5, 5.41) is 8.42. The molecule has 0 aromatic carbocycles. The lowest BCUT2D eigenvalue weighted by atomic mass is 10.3. The van der Waals surface area contributed by atoms with Gasteiger partial charge < -0.3 is 14.6 Å². The van der Waals surface area contributed by atoms with Crippen LogP contribution < -0.4 is 0 Å². The Bertz CT molecular complexity index is 282. The van der Waals surface area contributed by atoms with Crippen molar-refractivity contribution in [1.29, 1.82) is 0 Å². The highest BCUT2D eigenvalue weighted by Crippen LogP contribution is 2.26. The van der Waals surface area contributed by atoms with Crippen LogP contribution in [0.4, 0.5) is 39.5 Å². The van der Waals surface area contributed by atoms with Crippen molar-refractivity contribution >= 4 is 0 Å². The highest BCUT2D eigenvalue weighted by atomic mass is 19.4. The molecule has 0 heterocycles. The molecule has 1 N–H and O–H groups in total. The maximum Gasteiger partial charge on any atom is 0.416 e. The lowest BCUT2D eigenvalue weighted by molar-refractivity contribution is -0.268. The van der Waals surface area contributed by atoms with Gasteiger partial charge in [-0.1, -0.05) is 0 Å². The minimum absolute atomic E-state index is 1.65. The number of hydrogen-bond donors (Lipinski definition) is 1. The Hall–Kier alpha value is -0.750. The van der Waals surface area contributed by atoms with Gasteiger partial charge in [0.25, 0.3) is 0 Å². The summed E-state index contributed by atoms with van der Waals surface area (Å²) in [6, 6.07) is 0. The van der Waals surface area contributed by atoms with Crippen LogP contribution in [0.3, 0.4) is 0 Å². The second kappa shape index (κ2) is 6.80. The number of ether oxygens (including phenoxy) is 2. The van der Waals surface area contributed by atoms with E-state index in [1.165, 1.54) is 0 Å². The van der Waals surface area contributed by atoms with E-state index in [9.17, 15) is 39.5 Å². The van der Waals surface area contributed by atoms with Crippen LogP contribution in [0.5, 0.6) is 0 Å². The van der Waals surface area contributed by atoms with Gasteiger partial charge in [0.1, 0.15) is 6.61 Å². The van der Waals surface area contributed by atoms with Gasteiger partial charge in [-0.3, -0.25) is 0 Å². The van der Waals surface area contributed by atoms with Gasteiger partial charge in [-0.05, 0) is 0 Å². The number of aliphatic hydroxyl groups excluding tert-OH is 1. The summed E-state index contributed by atoms with van der Waals surface area (Å²) in [5.41, 5.74) is 0. The monoisotopic (exact) mass is 324 g/mol. The number of aliphatic hydroxyl groups is 1. The van der Waals surface area contributed by atoms with E-state index >= 15 is 0 Å². The van der Waals surface area contributed by atoms with Crippen LogP contribution in [-0.2, 0) is 9.47 Å². The minimum Gasteiger partial charge on any atom is -0.382 e. The maximum absolute atomic E-state index is 12.2. The van der Waals surface area contributed by atoms with Gasteiger partial charge in [0.15, 0.2) is 12.2 Å². The van der Waals surface area contributed by atoms with Crippen LogP contribution in [0.25, 0.3) is 0 Å². The van der Waals surface area contributed by atoms with Gasteiger partial charge >= 0.3 is 18.5 Å². The van der Waals surface area contributed by atoms with Crippen molar-refractivity contribution in [2.75, 3.05) is 19.8 Å². The zero-order chi connectivity index (χ0) is 16.2. The van der Waals surface area contributed by atoms with Gasteiger partial charge in [0, 0.05) is 0 Å². The van der Waals surface area contributed by atoms with E-state index in [1.807, 2.05) is 0 Å². The summed E-state index contributed by atoms with van der Waals surface area (Å²) >= 11 is 0. The minimum atomic E-state index is -5.24. The fraction of sp³-hybridized carbons (Fsp3) is 1.00. The third kappa shape index (κ3) is 8.43. The van der Waals surface area contributed by atoms with Gasteiger partial charge in [-0.25, -0.2) is 0 Å². The Morgan fingerprint density at radius 3 is 1.65 bits per heavy atom. The molecule has 0 spiro atoms. The highest BCUT2D eigenvalue weighted by molar-refractivity contribution is 4.71. The molecule has 0 saturated heterocycles. The molecular weight excluding hydrogens is 315 g/mol. The van der Waals surface area contributed by atoms with Crippen molar-refractivity contribution in [3.05, 3.63) is 0 Å². The summed E-state index contributed by atoms with van der Waals surface area (Å²) in [6.45, 7) is -5.43. The standard InChI is InChI=1S/C8H9F9O3/c9-6(10,11)3-19-2-5(8(15,16)17)20-1-4(18)7(12,13)14/h4-5,18H,1-3H2. The second-order valence-corrected chi connectivity index (χ2v) is 3.55. The van der Waals surface area contributed by atoms with Gasteiger partial charge in [0.2, 0.25) is 0 Å². The third-order valence-corrected chi connectivity index (χ3v) is 1.73. The predicted octanol–water partition coefficient (Wildman–Crippen LogP) is 2.44. The summed E-state index contributed by atoms with van der Waals surface area (Å²) in [4.78, 5) is 0. The Kier molecular flexibility index (Phi) is 6.55. The molecule has 0 amide bonds. The molecule has 0 aromatic heterocycles. The van der Waals surface area contributed by atoms with Crippen LogP contribution in [0.2, 0.25) is 0 Å². The van der Waals surface area contributed by atoms with Crippen molar-refractivity contribution in [3.63, 3.8) is 0 Å². The Morgan fingerprint density at radius 2 is 1.30 bits per heavy atom. The Labute approximate surface area is 106 Å². The van der Waals surface area contributed by atoms with Crippen LogP contribution in [0.1, 0.15) is 0 Å². The number of alkyl halides is 9. The van der Waals surface area contributed by atoms with E-state index in [0.717, 1.165) is 0 Å². The smallest absolute Gasteiger partial charge is 0.382 e. The molecule has 0 bridgehead atoms. The summed E-state index contributed by atoms with van der Waals surface area (Å²) in [7, 11) is 0. The van der Waals surface area contributed by atoms with Crippen molar-refractivity contribution in [2.24, 2.45) is 0 Å². The van der Waals surface area contributed by atoms with Crippen LogP contribution in [0, 0.1) is 0 Å². The SMILES string of the molecule is OC(COC(COCC(F)(F)F)C(F)(F)F)C(F)(F)F. The van der Waals surface area contributed by atoms with Crippen molar-refractivity contribution < 1.29 is 54.1 Å². The lowest BCUT2D eigenvalue weighted by Gasteiger charge is -2.23. The van der Waals surface area contributed by atoms with E-state index in [-0.39, 0.29) is 0 Å². The van der Waals surface area contributed by atoms with Crippen LogP contribution in [0.15, 0.2) is 0 Å². The van der Waals surface area contributed by atoms with E-state index in [0.29, 0.717) is 0 Å². The molecular formula is C8H9F9O3. The van der Waals surface area contributed by atoms with Crippen molar-refractivity contribution in [2.45, 2.75) is 30.7 Å². The zero-order valence-electron chi connectivity index (χ0n) is 9.44. The first kappa shape index (κ1) is 19.2. The van der Waals surface area contributed by atoms with Crippen LogP contribution >= 0.6 is 0 Å². The van der Waals surface area contributed by atoms with Gasteiger partial charge in [-0.15, -0.1) is 0 Å². The van der Waals surface area contributed by atoms with Crippen molar-refractivity contribution in [3.8, 4) is 0 Å². The van der Waals surface area contributed by atoms with E-state index in [2.05, 4.69) is 9.47 Å². The Balaban J connectivity index is 4.38. The number of halogens is 9. The van der Waals surface area contributed by atoms with Gasteiger partial charge in [-0.2, -0.15) is 39.5 Å². The van der Waals surface area contributed by atoms with Crippen molar-refractivity contribution in [1.82, 2.24) is 0 Å². The third-order valence-electron chi connectivity index (χ3n) is 1.73. The predicted molar refractivity (Wildman–Crippen MR) is 44.7 cm³/mol. The number of hydrogen-bond acceptors (Lipinski definition) is 3. The molecule has 0 saturated carbocycles.